The maximum absolute atomic E-state index is 11.7. The number of aliphatic hydroxyl groups is 1. The van der Waals surface area contributed by atoms with E-state index in [0.717, 1.165) is 4.88 Å². The number of thiophene rings is 1. The van der Waals surface area contributed by atoms with Crippen LogP contribution < -0.4 is 10.6 Å². The Balaban J connectivity index is 2.28. The average Bonchev–Trinajstić information content (AvgIpc) is 2.68. The molecule has 1 rings (SSSR count). The Hall–Kier alpha value is -1.07. The molecule has 0 spiro atoms. The zero-order chi connectivity index (χ0) is 14.5. The number of urea groups is 1. The van der Waals surface area contributed by atoms with Gasteiger partial charge in [-0.15, -0.1) is 11.3 Å². The Bertz CT molecular complexity index is 413. The van der Waals surface area contributed by atoms with E-state index in [1.54, 1.807) is 18.3 Å². The van der Waals surface area contributed by atoms with Crippen LogP contribution in [-0.2, 0) is 6.54 Å². The van der Waals surface area contributed by atoms with Crippen LogP contribution in [0.15, 0.2) is 12.1 Å². The number of aryl methyl sites for hydroxylation is 1. The van der Waals surface area contributed by atoms with Gasteiger partial charge in [0.05, 0.1) is 12.6 Å². The van der Waals surface area contributed by atoms with Gasteiger partial charge in [-0.2, -0.15) is 0 Å². The predicted molar refractivity (Wildman–Crippen MR) is 79.4 cm³/mol. The van der Waals surface area contributed by atoms with Gasteiger partial charge in [0.2, 0.25) is 0 Å². The minimum atomic E-state index is -0.353. The summed E-state index contributed by atoms with van der Waals surface area (Å²) in [4.78, 5) is 14.1. The van der Waals surface area contributed by atoms with Crippen molar-refractivity contribution in [2.24, 2.45) is 5.41 Å². The molecule has 1 unspecified atom stereocenters. The molecule has 0 aliphatic rings. The summed E-state index contributed by atoms with van der Waals surface area (Å²) < 4.78 is 0. The Morgan fingerprint density at radius 1 is 1.42 bits per heavy atom. The SMILES string of the molecule is Cc1ccc(CNC(=O)NCC(C)(C)CC(C)O)s1. The van der Waals surface area contributed by atoms with Gasteiger partial charge in [0.1, 0.15) is 0 Å². The van der Waals surface area contributed by atoms with Gasteiger partial charge in [0, 0.05) is 16.3 Å². The average molecular weight is 284 g/mol. The first kappa shape index (κ1) is 16.0. The summed E-state index contributed by atoms with van der Waals surface area (Å²) in [5, 5.41) is 15.1. The zero-order valence-corrected chi connectivity index (χ0v) is 12.9. The molecule has 0 saturated heterocycles. The minimum Gasteiger partial charge on any atom is -0.393 e. The number of amides is 2. The van der Waals surface area contributed by atoms with Crippen LogP contribution >= 0.6 is 11.3 Å². The summed E-state index contributed by atoms with van der Waals surface area (Å²) in [6, 6.07) is 3.91. The van der Waals surface area contributed by atoms with Gasteiger partial charge in [0.15, 0.2) is 0 Å². The molecule has 5 heteroatoms. The van der Waals surface area contributed by atoms with E-state index < -0.39 is 0 Å². The Kier molecular flexibility index (Phi) is 5.82. The molecule has 0 aromatic carbocycles. The van der Waals surface area contributed by atoms with Gasteiger partial charge in [-0.3, -0.25) is 0 Å². The number of nitrogens with one attached hydrogen (secondary N) is 2. The van der Waals surface area contributed by atoms with Gasteiger partial charge < -0.3 is 15.7 Å². The van der Waals surface area contributed by atoms with Gasteiger partial charge in [0.25, 0.3) is 0 Å². The van der Waals surface area contributed by atoms with Crippen LogP contribution in [0.4, 0.5) is 4.79 Å². The summed E-state index contributed by atoms with van der Waals surface area (Å²) >= 11 is 1.69. The van der Waals surface area contributed by atoms with Crippen molar-refractivity contribution in [3.8, 4) is 0 Å². The molecule has 0 fully saturated rings. The second-order valence-corrected chi connectivity index (χ2v) is 7.14. The Labute approximate surface area is 119 Å². The fourth-order valence-electron chi connectivity index (χ4n) is 2.00. The molecule has 1 aromatic rings. The summed E-state index contributed by atoms with van der Waals surface area (Å²) in [5.74, 6) is 0. The third-order valence-corrected chi connectivity index (χ3v) is 3.80. The van der Waals surface area contributed by atoms with Crippen LogP contribution in [0.25, 0.3) is 0 Å². The van der Waals surface area contributed by atoms with Crippen molar-refractivity contribution < 1.29 is 9.90 Å². The molecule has 0 aliphatic carbocycles. The summed E-state index contributed by atoms with van der Waals surface area (Å²) in [6.07, 6.45) is 0.311. The molecule has 0 saturated carbocycles. The molecule has 1 aromatic heterocycles. The standard InChI is InChI=1S/C14H24N2O2S/c1-10(17)7-14(3,4)9-16-13(18)15-8-12-6-5-11(2)19-12/h5-6,10,17H,7-9H2,1-4H3,(H2,15,16,18). The Morgan fingerprint density at radius 3 is 2.63 bits per heavy atom. The first-order valence-electron chi connectivity index (χ1n) is 6.53. The highest BCUT2D eigenvalue weighted by Gasteiger charge is 2.20. The maximum atomic E-state index is 11.7. The lowest BCUT2D eigenvalue weighted by atomic mass is 9.87. The summed E-state index contributed by atoms with van der Waals surface area (Å²) in [6.45, 7) is 8.98. The molecular formula is C14H24N2O2S. The van der Waals surface area contributed by atoms with E-state index >= 15 is 0 Å². The van der Waals surface area contributed by atoms with Crippen LogP contribution in [-0.4, -0.2) is 23.8 Å². The third-order valence-electron chi connectivity index (χ3n) is 2.79. The van der Waals surface area contributed by atoms with Crippen LogP contribution in [0.3, 0.4) is 0 Å². The quantitative estimate of drug-likeness (QED) is 0.752. The predicted octanol–water partition coefficient (Wildman–Crippen LogP) is 2.65. The normalized spacial score (nSPS) is 13.1. The molecule has 0 radical (unpaired) electrons. The molecule has 108 valence electrons. The van der Waals surface area contributed by atoms with Gasteiger partial charge >= 0.3 is 6.03 Å². The van der Waals surface area contributed by atoms with Crippen molar-refractivity contribution >= 4 is 17.4 Å². The first-order chi connectivity index (χ1) is 8.78. The minimum absolute atomic E-state index is 0.106. The molecule has 0 aliphatic heterocycles. The van der Waals surface area contributed by atoms with Crippen molar-refractivity contribution in [1.82, 2.24) is 10.6 Å². The number of rotatable bonds is 6. The number of carbonyl (C=O) groups excluding carboxylic acids is 1. The summed E-state index contributed by atoms with van der Waals surface area (Å²) in [5.41, 5.74) is -0.106. The maximum Gasteiger partial charge on any atom is 0.315 e. The van der Waals surface area contributed by atoms with Gasteiger partial charge in [-0.1, -0.05) is 13.8 Å². The highest BCUT2D eigenvalue weighted by atomic mass is 32.1. The lowest BCUT2D eigenvalue weighted by molar-refractivity contribution is 0.129. The van der Waals surface area contributed by atoms with E-state index in [1.165, 1.54) is 4.88 Å². The second-order valence-electron chi connectivity index (χ2n) is 5.77. The topological polar surface area (TPSA) is 61.4 Å². The van der Waals surface area contributed by atoms with Crippen LogP contribution in [0.5, 0.6) is 0 Å². The number of aliphatic hydroxyl groups excluding tert-OH is 1. The summed E-state index contributed by atoms with van der Waals surface area (Å²) in [7, 11) is 0. The third kappa shape index (κ3) is 6.59. The highest BCUT2D eigenvalue weighted by molar-refractivity contribution is 7.11. The fourth-order valence-corrected chi connectivity index (χ4v) is 2.83. The van der Waals surface area contributed by atoms with Crippen LogP contribution in [0, 0.1) is 12.3 Å². The molecule has 3 N–H and O–H groups in total. The number of hydrogen-bond donors (Lipinski definition) is 3. The molecule has 1 heterocycles. The van der Waals surface area contributed by atoms with E-state index in [0.29, 0.717) is 19.5 Å². The Morgan fingerprint density at radius 2 is 2.11 bits per heavy atom. The number of carbonyl (C=O) groups is 1. The van der Waals surface area contributed by atoms with E-state index in [1.807, 2.05) is 32.9 Å². The van der Waals surface area contributed by atoms with Crippen molar-refractivity contribution in [1.29, 1.82) is 0 Å². The molecule has 19 heavy (non-hydrogen) atoms. The lowest BCUT2D eigenvalue weighted by Crippen LogP contribution is -2.41. The molecule has 1 atom stereocenters. The lowest BCUT2D eigenvalue weighted by Gasteiger charge is -2.26. The van der Waals surface area contributed by atoms with E-state index in [4.69, 9.17) is 0 Å². The monoisotopic (exact) mass is 284 g/mol. The highest BCUT2D eigenvalue weighted by Crippen LogP contribution is 2.21. The van der Waals surface area contributed by atoms with Crippen LogP contribution in [0.1, 0.15) is 36.9 Å². The van der Waals surface area contributed by atoms with Crippen molar-refractivity contribution in [2.45, 2.75) is 46.8 Å². The molecule has 0 bridgehead atoms. The van der Waals surface area contributed by atoms with E-state index in [2.05, 4.69) is 10.6 Å². The molecule has 4 nitrogen and oxygen atoms in total. The van der Waals surface area contributed by atoms with E-state index in [9.17, 15) is 9.90 Å². The second kappa shape index (κ2) is 6.91. The van der Waals surface area contributed by atoms with Crippen molar-refractivity contribution in [3.63, 3.8) is 0 Å². The van der Waals surface area contributed by atoms with Crippen molar-refractivity contribution in [2.75, 3.05) is 6.54 Å². The molecular weight excluding hydrogens is 260 g/mol. The van der Waals surface area contributed by atoms with Gasteiger partial charge in [-0.25, -0.2) is 4.79 Å². The molecule has 2 amide bonds. The fraction of sp³-hybridized carbons (Fsp3) is 0.643. The first-order valence-corrected chi connectivity index (χ1v) is 7.35. The zero-order valence-electron chi connectivity index (χ0n) is 12.1. The van der Waals surface area contributed by atoms with Crippen molar-refractivity contribution in [3.05, 3.63) is 21.9 Å². The largest absolute Gasteiger partial charge is 0.393 e. The van der Waals surface area contributed by atoms with Crippen LogP contribution in [0.2, 0.25) is 0 Å². The van der Waals surface area contributed by atoms with E-state index in [-0.39, 0.29) is 17.6 Å². The number of hydrogen-bond acceptors (Lipinski definition) is 3. The van der Waals surface area contributed by atoms with Gasteiger partial charge in [-0.05, 0) is 37.8 Å². The smallest absolute Gasteiger partial charge is 0.315 e.